The molecule has 0 bridgehead atoms. The van der Waals surface area contributed by atoms with Gasteiger partial charge in [-0.1, -0.05) is 24.3 Å². The lowest BCUT2D eigenvalue weighted by Gasteiger charge is -2.69. The molecule has 51 heavy (non-hydrogen) atoms. The molecule has 2 saturated heterocycles. The summed E-state index contributed by atoms with van der Waals surface area (Å²) in [4.78, 5) is 22.5. The molecular weight excluding hydrogens is 689 g/mol. The molecule has 3 heterocycles. The summed E-state index contributed by atoms with van der Waals surface area (Å²) in [6.45, 7) is 3.55. The summed E-state index contributed by atoms with van der Waals surface area (Å²) in [6.07, 6.45) is 6.46. The fourth-order valence-electron chi connectivity index (χ4n) is 9.75. The van der Waals surface area contributed by atoms with E-state index in [0.717, 1.165) is 67.3 Å². The van der Waals surface area contributed by atoms with Crippen molar-refractivity contribution < 1.29 is 35.2 Å². The number of fused-ring (bicyclic) bond motifs is 1. The smallest absolute Gasteiger partial charge is 0.339 e. The van der Waals surface area contributed by atoms with E-state index in [1.165, 1.54) is 22.7 Å². The second-order valence-electron chi connectivity index (χ2n) is 14.7. The van der Waals surface area contributed by atoms with E-state index in [9.17, 15) is 35.2 Å². The van der Waals surface area contributed by atoms with Gasteiger partial charge in [0, 0.05) is 42.2 Å². The van der Waals surface area contributed by atoms with Crippen molar-refractivity contribution in [1.29, 1.82) is 0 Å². The van der Waals surface area contributed by atoms with Crippen LogP contribution in [-0.2, 0) is 15.4 Å². The number of imidazole rings is 1. The molecule has 4 fully saturated rings. The molecule has 1 aromatic heterocycles. The zero-order chi connectivity index (χ0) is 35.9. The number of carbonyl (C=O) groups excluding carboxylic acids is 1. The fourth-order valence-corrected chi connectivity index (χ4v) is 10.3. The van der Waals surface area contributed by atoms with Crippen LogP contribution in [0.1, 0.15) is 72.7 Å². The number of carbonyl (C=O) groups is 1. The first-order chi connectivity index (χ1) is 24.2. The number of aryl methyl sites for hydroxylation is 1. The molecule has 0 radical (unpaired) electrons. The van der Waals surface area contributed by atoms with Crippen LogP contribution in [0.4, 0.5) is 27.6 Å². The highest BCUT2D eigenvalue weighted by molar-refractivity contribution is 7.93. The predicted octanol–water partition coefficient (Wildman–Crippen LogP) is 7.32. The lowest BCUT2D eigenvalue weighted by Crippen LogP contribution is -2.74. The van der Waals surface area contributed by atoms with E-state index in [2.05, 4.69) is 34.6 Å². The first-order valence-electron chi connectivity index (χ1n) is 17.3. The number of alkyl halides is 3. The number of anilines is 1. The third-order valence-electron chi connectivity index (χ3n) is 12.3. The molecule has 2 aliphatic carbocycles. The van der Waals surface area contributed by atoms with E-state index in [-0.39, 0.29) is 11.4 Å². The Labute approximate surface area is 292 Å². The van der Waals surface area contributed by atoms with Gasteiger partial charge in [-0.15, -0.1) is 0 Å². The van der Waals surface area contributed by atoms with E-state index in [0.29, 0.717) is 49.5 Å². The average Bonchev–Trinajstić information content (AvgIpc) is 3.63. The Kier molecular flexibility index (Phi) is 8.02. The molecule has 4 atom stereocenters. The minimum absolute atomic E-state index is 0.112. The van der Waals surface area contributed by atoms with Crippen LogP contribution in [0.25, 0.3) is 11.0 Å². The number of halogens is 5. The number of amides is 1. The van der Waals surface area contributed by atoms with Gasteiger partial charge in [0.1, 0.15) is 17.5 Å². The van der Waals surface area contributed by atoms with Gasteiger partial charge in [0.2, 0.25) is 0 Å². The van der Waals surface area contributed by atoms with Crippen LogP contribution in [0.2, 0.25) is 0 Å². The quantitative estimate of drug-likeness (QED) is 0.193. The Balaban J connectivity index is 0.972. The number of hydrogen-bond donors (Lipinski definition) is 1. The maximum Gasteiger partial charge on any atom is 0.516 e. The summed E-state index contributed by atoms with van der Waals surface area (Å²) in [5.41, 5.74) is -3.64. The second-order valence-corrected chi connectivity index (χ2v) is 16.4. The van der Waals surface area contributed by atoms with E-state index in [4.69, 9.17) is 4.98 Å². The highest BCUT2D eigenvalue weighted by Gasteiger charge is 2.69. The number of para-hydroxylation sites is 2. The van der Waals surface area contributed by atoms with Crippen LogP contribution in [0.3, 0.4) is 0 Å². The summed E-state index contributed by atoms with van der Waals surface area (Å²) in [7, 11) is -5.83. The van der Waals surface area contributed by atoms with Gasteiger partial charge < -0.3 is 9.47 Å². The minimum atomic E-state index is -5.83. The van der Waals surface area contributed by atoms with Crippen molar-refractivity contribution in [3.8, 4) is 0 Å². The molecule has 270 valence electrons. The van der Waals surface area contributed by atoms with E-state index in [1.54, 1.807) is 17.0 Å². The molecule has 2 aliphatic heterocycles. The number of sulfonamides is 1. The summed E-state index contributed by atoms with van der Waals surface area (Å²) < 4.78 is 94.3. The van der Waals surface area contributed by atoms with Crippen molar-refractivity contribution in [3.05, 3.63) is 95.3 Å². The van der Waals surface area contributed by atoms with Crippen LogP contribution in [0.5, 0.6) is 0 Å². The zero-order valence-corrected chi connectivity index (χ0v) is 28.8. The molecule has 3 aromatic carbocycles. The summed E-state index contributed by atoms with van der Waals surface area (Å²) >= 11 is 0. The third-order valence-corrected chi connectivity index (χ3v) is 13.4. The summed E-state index contributed by atoms with van der Waals surface area (Å²) in [5.74, 6) is -1.11. The lowest BCUT2D eigenvalue weighted by molar-refractivity contribution is -0.190. The average molecular weight is 728 g/mol. The molecule has 1 amide bonds. The maximum absolute atomic E-state index is 14.7. The van der Waals surface area contributed by atoms with Gasteiger partial charge in [0.15, 0.2) is 0 Å². The van der Waals surface area contributed by atoms with Gasteiger partial charge in [-0.3, -0.25) is 14.4 Å². The molecule has 1 spiro atoms. The first-order valence-corrected chi connectivity index (χ1v) is 18.8. The van der Waals surface area contributed by atoms with E-state index < -0.39 is 38.4 Å². The molecule has 8 rings (SSSR count). The van der Waals surface area contributed by atoms with Crippen molar-refractivity contribution in [1.82, 2.24) is 19.4 Å². The van der Waals surface area contributed by atoms with Crippen molar-refractivity contribution >= 4 is 32.7 Å². The van der Waals surface area contributed by atoms with Gasteiger partial charge in [-0.05, 0) is 112 Å². The molecule has 4 aromatic rings. The van der Waals surface area contributed by atoms with Crippen LogP contribution < -0.4 is 4.72 Å². The van der Waals surface area contributed by atoms with Crippen LogP contribution in [-0.4, -0.2) is 70.9 Å². The normalized spacial score (nSPS) is 25.9. The maximum atomic E-state index is 14.7. The van der Waals surface area contributed by atoms with Crippen LogP contribution in [0.15, 0.2) is 66.7 Å². The molecule has 4 unspecified atom stereocenters. The topological polar surface area (TPSA) is 87.5 Å². The van der Waals surface area contributed by atoms with Crippen LogP contribution >= 0.6 is 0 Å². The largest absolute Gasteiger partial charge is 0.516 e. The van der Waals surface area contributed by atoms with Crippen LogP contribution in [0, 0.1) is 24.0 Å². The number of benzene rings is 3. The molecule has 4 aliphatic rings. The number of hydrogen-bond acceptors (Lipinski definition) is 5. The first kappa shape index (κ1) is 34.1. The summed E-state index contributed by atoms with van der Waals surface area (Å²) in [6, 6.07) is 19.0. The molecule has 2 saturated carbocycles. The van der Waals surface area contributed by atoms with Gasteiger partial charge >= 0.3 is 15.5 Å². The number of rotatable bonds is 8. The SMILES string of the molecule is Cc1nc2ccccc2n1C1CC2N(CCC3(c4cccc(F)c4)CCN(C(=O)c4ccc(NS(=O)(=O)C(F)(F)F)c(F)c4)CC3)C3CCC32C1. The number of likely N-dealkylation sites (tertiary alicyclic amines) is 2. The highest BCUT2D eigenvalue weighted by Crippen LogP contribution is 2.68. The van der Waals surface area contributed by atoms with E-state index in [1.807, 2.05) is 12.1 Å². The Bertz CT molecular complexity index is 2130. The molecule has 1 N–H and O–H groups in total. The van der Waals surface area contributed by atoms with Gasteiger partial charge in [0.25, 0.3) is 5.91 Å². The monoisotopic (exact) mass is 727 g/mol. The van der Waals surface area contributed by atoms with Crippen molar-refractivity contribution in [2.75, 3.05) is 24.4 Å². The Hall–Kier alpha value is -4.04. The Morgan fingerprint density at radius 3 is 2.43 bits per heavy atom. The molecule has 8 nitrogen and oxygen atoms in total. The van der Waals surface area contributed by atoms with Gasteiger partial charge in [0.05, 0.1) is 16.7 Å². The fraction of sp³-hybridized carbons (Fsp3) is 0.459. The Morgan fingerprint density at radius 2 is 1.75 bits per heavy atom. The van der Waals surface area contributed by atoms with Crippen molar-refractivity contribution in [2.24, 2.45) is 5.41 Å². The third kappa shape index (κ3) is 5.51. The standard InChI is InChI=1S/C37H38F5N5O3S/c1-23-43-30-7-2-3-8-31(30)47(23)27-21-33-36(22-27)12-11-32(36)46(33)18-15-35(25-5-4-6-26(38)20-25)13-16-45(17-14-35)34(48)24-9-10-29(28(39)19-24)44-51(49,50)37(40,41)42/h2-10,19-20,27,32-33,44H,11-18,21-22H2,1H3. The van der Waals surface area contributed by atoms with E-state index >= 15 is 0 Å². The van der Waals surface area contributed by atoms with Crippen molar-refractivity contribution in [3.63, 3.8) is 0 Å². The Morgan fingerprint density at radius 1 is 0.980 bits per heavy atom. The minimum Gasteiger partial charge on any atom is -0.339 e. The molecular formula is C37H38F5N5O3S. The second kappa shape index (κ2) is 12.0. The lowest BCUT2D eigenvalue weighted by atomic mass is 9.53. The number of nitrogens with one attached hydrogen (secondary N) is 1. The van der Waals surface area contributed by atoms with Crippen molar-refractivity contribution in [2.45, 2.75) is 80.9 Å². The summed E-state index contributed by atoms with van der Waals surface area (Å²) in [5, 5.41) is 0. The number of nitrogens with zero attached hydrogens (tertiary/aromatic N) is 4. The van der Waals surface area contributed by atoms with Gasteiger partial charge in [-0.2, -0.15) is 21.6 Å². The molecule has 14 heteroatoms. The van der Waals surface area contributed by atoms with Gasteiger partial charge in [-0.25, -0.2) is 13.8 Å². The highest BCUT2D eigenvalue weighted by atomic mass is 32.2. The predicted molar refractivity (Wildman–Crippen MR) is 182 cm³/mol. The number of aromatic nitrogens is 2. The number of piperidine rings is 2. The zero-order valence-electron chi connectivity index (χ0n) is 28.0.